The van der Waals surface area contributed by atoms with E-state index in [1.165, 1.54) is 4.90 Å². The van der Waals surface area contributed by atoms with E-state index in [1.807, 2.05) is 20.8 Å². The van der Waals surface area contributed by atoms with E-state index in [9.17, 15) is 19.5 Å². The maximum Gasteiger partial charge on any atom is 0.329 e. The van der Waals surface area contributed by atoms with Crippen LogP contribution in [-0.2, 0) is 16.1 Å². The van der Waals surface area contributed by atoms with E-state index in [-0.39, 0.29) is 11.8 Å². The second-order valence-corrected chi connectivity index (χ2v) is 8.39. The van der Waals surface area contributed by atoms with Crippen molar-refractivity contribution in [3.8, 4) is 0 Å². The third kappa shape index (κ3) is 4.67. The highest BCUT2D eigenvalue weighted by Crippen LogP contribution is 2.34. The van der Waals surface area contributed by atoms with Crippen LogP contribution < -0.4 is 5.32 Å². The molecule has 6 heteroatoms. The third-order valence-corrected chi connectivity index (χ3v) is 5.36. The highest BCUT2D eigenvalue weighted by Gasteiger charge is 2.45. The summed E-state index contributed by atoms with van der Waals surface area (Å²) >= 11 is 0. The smallest absolute Gasteiger partial charge is 0.329 e. The van der Waals surface area contributed by atoms with E-state index in [2.05, 4.69) is 5.32 Å². The van der Waals surface area contributed by atoms with Crippen LogP contribution in [0.3, 0.4) is 0 Å². The minimum atomic E-state index is -1.12. The van der Waals surface area contributed by atoms with Crippen molar-refractivity contribution in [1.29, 1.82) is 0 Å². The Labute approximate surface area is 160 Å². The SMILES string of the molecule is CN(C(=O)c1ccc(CNC(=O)C(C)(C)C)cc1)C1(C(=O)O)CCCCC1. The van der Waals surface area contributed by atoms with Crippen LogP contribution in [0.2, 0.25) is 0 Å². The molecule has 2 amide bonds. The number of benzene rings is 1. The minimum Gasteiger partial charge on any atom is -0.479 e. The summed E-state index contributed by atoms with van der Waals surface area (Å²) < 4.78 is 0. The molecule has 0 radical (unpaired) electrons. The average Bonchev–Trinajstić information content (AvgIpc) is 2.65. The lowest BCUT2D eigenvalue weighted by Gasteiger charge is -2.41. The van der Waals surface area contributed by atoms with Crippen molar-refractivity contribution < 1.29 is 19.5 Å². The summed E-state index contributed by atoms with van der Waals surface area (Å²) in [5, 5.41) is 12.6. The van der Waals surface area contributed by atoms with Gasteiger partial charge in [-0.1, -0.05) is 52.2 Å². The van der Waals surface area contributed by atoms with Crippen LogP contribution in [0.1, 0.15) is 68.8 Å². The molecule has 1 aromatic carbocycles. The van der Waals surface area contributed by atoms with Gasteiger partial charge in [0.05, 0.1) is 0 Å². The molecule has 1 fully saturated rings. The van der Waals surface area contributed by atoms with Crippen LogP contribution in [0.15, 0.2) is 24.3 Å². The number of nitrogens with zero attached hydrogens (tertiary/aromatic N) is 1. The number of rotatable bonds is 5. The van der Waals surface area contributed by atoms with Crippen LogP contribution in [-0.4, -0.2) is 40.4 Å². The van der Waals surface area contributed by atoms with Gasteiger partial charge in [0.1, 0.15) is 5.54 Å². The Bertz CT molecular complexity index is 698. The third-order valence-electron chi connectivity index (χ3n) is 5.36. The van der Waals surface area contributed by atoms with Crippen molar-refractivity contribution in [3.05, 3.63) is 35.4 Å². The molecule has 1 saturated carbocycles. The molecule has 2 rings (SSSR count). The maximum absolute atomic E-state index is 12.9. The molecule has 0 aliphatic heterocycles. The van der Waals surface area contributed by atoms with E-state index in [0.29, 0.717) is 24.9 Å². The zero-order valence-electron chi connectivity index (χ0n) is 16.7. The fourth-order valence-electron chi connectivity index (χ4n) is 3.43. The van der Waals surface area contributed by atoms with Gasteiger partial charge in [0, 0.05) is 24.6 Å². The molecule has 1 aromatic rings. The number of carboxylic acids is 1. The van der Waals surface area contributed by atoms with Crippen molar-refractivity contribution in [2.45, 2.75) is 65.0 Å². The maximum atomic E-state index is 12.9. The molecule has 148 valence electrons. The van der Waals surface area contributed by atoms with Gasteiger partial charge >= 0.3 is 5.97 Å². The monoisotopic (exact) mass is 374 g/mol. The molecule has 27 heavy (non-hydrogen) atoms. The zero-order valence-corrected chi connectivity index (χ0v) is 16.7. The summed E-state index contributed by atoms with van der Waals surface area (Å²) in [4.78, 5) is 38.1. The van der Waals surface area contributed by atoms with Gasteiger partial charge in [0.15, 0.2) is 0 Å². The number of hydrogen-bond donors (Lipinski definition) is 2. The first kappa shape index (κ1) is 20.9. The predicted octanol–water partition coefficient (Wildman–Crippen LogP) is 3.21. The summed E-state index contributed by atoms with van der Waals surface area (Å²) in [5.74, 6) is -1.26. The molecule has 0 unspecified atom stereocenters. The molecule has 0 atom stereocenters. The van der Waals surface area contributed by atoms with Crippen LogP contribution in [0.4, 0.5) is 0 Å². The van der Waals surface area contributed by atoms with Crippen molar-refractivity contribution in [3.63, 3.8) is 0 Å². The fraction of sp³-hybridized carbons (Fsp3) is 0.571. The Kier molecular flexibility index (Phi) is 6.29. The lowest BCUT2D eigenvalue weighted by Crippen LogP contribution is -2.56. The molecule has 0 spiro atoms. The molecule has 1 aliphatic carbocycles. The summed E-state index contributed by atoms with van der Waals surface area (Å²) in [6.45, 7) is 5.94. The Hall–Kier alpha value is -2.37. The summed E-state index contributed by atoms with van der Waals surface area (Å²) in [6.07, 6.45) is 3.61. The van der Waals surface area contributed by atoms with Crippen molar-refractivity contribution in [2.24, 2.45) is 5.41 Å². The molecule has 0 bridgehead atoms. The highest BCUT2D eigenvalue weighted by atomic mass is 16.4. The van der Waals surface area contributed by atoms with Gasteiger partial charge in [0.25, 0.3) is 5.91 Å². The summed E-state index contributed by atoms with van der Waals surface area (Å²) in [5.41, 5.74) is -0.231. The molecule has 0 saturated heterocycles. The van der Waals surface area contributed by atoms with Crippen molar-refractivity contribution in [2.75, 3.05) is 7.05 Å². The first-order valence-electron chi connectivity index (χ1n) is 9.47. The fourth-order valence-corrected chi connectivity index (χ4v) is 3.43. The summed E-state index contributed by atoms with van der Waals surface area (Å²) in [6, 6.07) is 6.96. The normalized spacial score (nSPS) is 16.4. The topological polar surface area (TPSA) is 86.7 Å². The number of nitrogens with one attached hydrogen (secondary N) is 1. The van der Waals surface area contributed by atoms with E-state index in [1.54, 1.807) is 31.3 Å². The van der Waals surface area contributed by atoms with Crippen molar-refractivity contribution >= 4 is 17.8 Å². The van der Waals surface area contributed by atoms with Gasteiger partial charge < -0.3 is 15.3 Å². The predicted molar refractivity (Wildman–Crippen MR) is 103 cm³/mol. The van der Waals surface area contributed by atoms with E-state index >= 15 is 0 Å². The minimum absolute atomic E-state index is 0.0388. The van der Waals surface area contributed by atoms with Gasteiger partial charge in [-0.3, -0.25) is 9.59 Å². The van der Waals surface area contributed by atoms with Gasteiger partial charge in [-0.25, -0.2) is 4.79 Å². The number of carbonyl (C=O) groups is 3. The van der Waals surface area contributed by atoms with Gasteiger partial charge in [-0.2, -0.15) is 0 Å². The number of likely N-dealkylation sites (N-methyl/N-ethyl adjacent to an activating group) is 1. The Morgan fingerprint density at radius 2 is 1.63 bits per heavy atom. The molecule has 1 aliphatic rings. The second-order valence-electron chi connectivity index (χ2n) is 8.39. The molecule has 0 aromatic heterocycles. The van der Waals surface area contributed by atoms with E-state index in [4.69, 9.17) is 0 Å². The Balaban J connectivity index is 2.08. The number of carbonyl (C=O) groups excluding carboxylic acids is 2. The average molecular weight is 374 g/mol. The van der Waals surface area contributed by atoms with Gasteiger partial charge in [-0.15, -0.1) is 0 Å². The largest absolute Gasteiger partial charge is 0.479 e. The lowest BCUT2D eigenvalue weighted by molar-refractivity contribution is -0.151. The van der Waals surface area contributed by atoms with E-state index in [0.717, 1.165) is 24.8 Å². The Morgan fingerprint density at radius 3 is 2.11 bits per heavy atom. The quantitative estimate of drug-likeness (QED) is 0.828. The highest BCUT2D eigenvalue weighted by molar-refractivity contribution is 5.97. The van der Waals surface area contributed by atoms with Gasteiger partial charge in [0.2, 0.25) is 5.91 Å². The number of amides is 2. The summed E-state index contributed by atoms with van der Waals surface area (Å²) in [7, 11) is 1.58. The van der Waals surface area contributed by atoms with Crippen LogP contribution in [0, 0.1) is 5.41 Å². The van der Waals surface area contributed by atoms with Crippen LogP contribution in [0.25, 0.3) is 0 Å². The molecular formula is C21H30N2O4. The first-order valence-corrected chi connectivity index (χ1v) is 9.47. The van der Waals surface area contributed by atoms with Gasteiger partial charge in [-0.05, 0) is 30.5 Å². The Morgan fingerprint density at radius 1 is 1.07 bits per heavy atom. The molecule has 0 heterocycles. The number of hydrogen-bond acceptors (Lipinski definition) is 3. The lowest BCUT2D eigenvalue weighted by atomic mass is 9.80. The number of aliphatic carboxylic acids is 1. The van der Waals surface area contributed by atoms with Crippen LogP contribution >= 0.6 is 0 Å². The van der Waals surface area contributed by atoms with E-state index < -0.39 is 16.9 Å². The molecule has 2 N–H and O–H groups in total. The van der Waals surface area contributed by atoms with Crippen molar-refractivity contribution in [1.82, 2.24) is 10.2 Å². The molecule has 6 nitrogen and oxygen atoms in total. The zero-order chi connectivity index (χ0) is 20.2. The first-order chi connectivity index (χ1) is 12.6. The standard InChI is InChI=1S/C21H30N2O4/c1-20(2,3)18(25)22-14-15-8-10-16(11-9-15)17(24)23(4)21(19(26)27)12-6-5-7-13-21/h8-11H,5-7,12-14H2,1-4H3,(H,22,25)(H,26,27). The second kappa shape index (κ2) is 8.11. The number of carboxylic acid groups (broad SMARTS) is 1. The molecular weight excluding hydrogens is 344 g/mol. The van der Waals surface area contributed by atoms with Crippen LogP contribution in [0.5, 0.6) is 0 Å².